The molecule has 1 fully saturated rings. The van der Waals surface area contributed by atoms with E-state index in [1.54, 1.807) is 4.90 Å². The Balaban J connectivity index is 2.04. The SMILES string of the molecule is C=CC1CC(=O)N(c2n[nH]c(C)c2-c2ccccc2)C1. The van der Waals surface area contributed by atoms with E-state index in [-0.39, 0.29) is 11.8 Å². The third-order valence-corrected chi connectivity index (χ3v) is 3.73. The second kappa shape index (κ2) is 4.96. The number of carbonyl (C=O) groups excluding carboxylic acids is 1. The second-order valence-corrected chi connectivity index (χ2v) is 5.12. The van der Waals surface area contributed by atoms with E-state index in [2.05, 4.69) is 16.8 Å². The number of hydrogen-bond donors (Lipinski definition) is 1. The molecule has 1 aliphatic heterocycles. The minimum Gasteiger partial charge on any atom is -0.294 e. The van der Waals surface area contributed by atoms with Crippen molar-refractivity contribution in [3.63, 3.8) is 0 Å². The molecule has 1 N–H and O–H groups in total. The van der Waals surface area contributed by atoms with Crippen LogP contribution in [0.1, 0.15) is 12.1 Å². The number of aromatic nitrogens is 2. The van der Waals surface area contributed by atoms with Crippen LogP contribution in [-0.4, -0.2) is 22.6 Å². The van der Waals surface area contributed by atoms with Crippen LogP contribution in [0.15, 0.2) is 43.0 Å². The predicted molar refractivity (Wildman–Crippen MR) is 79.4 cm³/mol. The van der Waals surface area contributed by atoms with Crippen molar-refractivity contribution in [1.82, 2.24) is 10.2 Å². The van der Waals surface area contributed by atoms with Crippen molar-refractivity contribution in [3.8, 4) is 11.1 Å². The summed E-state index contributed by atoms with van der Waals surface area (Å²) in [5, 5.41) is 7.34. The highest BCUT2D eigenvalue weighted by Crippen LogP contribution is 2.35. The van der Waals surface area contributed by atoms with Crippen molar-refractivity contribution in [3.05, 3.63) is 48.7 Å². The molecule has 1 aromatic carbocycles. The van der Waals surface area contributed by atoms with Crippen LogP contribution in [0.5, 0.6) is 0 Å². The Kier molecular flexibility index (Phi) is 3.14. The van der Waals surface area contributed by atoms with Gasteiger partial charge in [-0.15, -0.1) is 6.58 Å². The van der Waals surface area contributed by atoms with Gasteiger partial charge < -0.3 is 0 Å². The number of carbonyl (C=O) groups is 1. The minimum absolute atomic E-state index is 0.110. The number of aromatic amines is 1. The Morgan fingerprint density at radius 3 is 2.80 bits per heavy atom. The van der Waals surface area contributed by atoms with E-state index < -0.39 is 0 Å². The van der Waals surface area contributed by atoms with Crippen LogP contribution in [0, 0.1) is 12.8 Å². The fourth-order valence-electron chi connectivity index (χ4n) is 2.66. The smallest absolute Gasteiger partial charge is 0.228 e. The fourth-order valence-corrected chi connectivity index (χ4v) is 2.66. The van der Waals surface area contributed by atoms with Gasteiger partial charge in [-0.2, -0.15) is 5.10 Å². The third-order valence-electron chi connectivity index (χ3n) is 3.73. The number of nitrogens with zero attached hydrogens (tertiary/aromatic N) is 2. The summed E-state index contributed by atoms with van der Waals surface area (Å²) in [5.74, 6) is 1.05. The summed E-state index contributed by atoms with van der Waals surface area (Å²) in [6, 6.07) is 10.0. The first-order valence-electron chi connectivity index (χ1n) is 6.74. The number of hydrogen-bond acceptors (Lipinski definition) is 2. The third kappa shape index (κ3) is 2.03. The molecule has 0 saturated carbocycles. The van der Waals surface area contributed by atoms with Crippen LogP contribution >= 0.6 is 0 Å². The minimum atomic E-state index is 0.110. The van der Waals surface area contributed by atoms with Crippen molar-refractivity contribution in [2.24, 2.45) is 5.92 Å². The molecule has 1 aliphatic rings. The van der Waals surface area contributed by atoms with E-state index in [1.165, 1.54) is 0 Å². The first kappa shape index (κ1) is 12.7. The average Bonchev–Trinajstić information content (AvgIpc) is 3.02. The van der Waals surface area contributed by atoms with Gasteiger partial charge in [-0.3, -0.25) is 14.8 Å². The highest BCUT2D eigenvalue weighted by Gasteiger charge is 2.32. The Hall–Kier alpha value is -2.36. The van der Waals surface area contributed by atoms with Gasteiger partial charge in [-0.1, -0.05) is 36.4 Å². The van der Waals surface area contributed by atoms with Crippen molar-refractivity contribution >= 4 is 11.7 Å². The molecule has 1 amide bonds. The topological polar surface area (TPSA) is 49.0 Å². The van der Waals surface area contributed by atoms with Gasteiger partial charge in [-0.05, 0) is 12.5 Å². The Bertz CT molecular complexity index is 645. The van der Waals surface area contributed by atoms with Crippen LogP contribution in [0.2, 0.25) is 0 Å². The van der Waals surface area contributed by atoms with Crippen molar-refractivity contribution in [2.75, 3.05) is 11.4 Å². The summed E-state index contributed by atoms with van der Waals surface area (Å²) >= 11 is 0. The number of anilines is 1. The van der Waals surface area contributed by atoms with E-state index >= 15 is 0 Å². The number of H-pyrrole nitrogens is 1. The normalized spacial score (nSPS) is 18.6. The lowest BCUT2D eigenvalue weighted by atomic mass is 10.1. The zero-order valence-corrected chi connectivity index (χ0v) is 11.5. The maximum absolute atomic E-state index is 12.2. The molecule has 1 aromatic heterocycles. The van der Waals surface area contributed by atoms with Gasteiger partial charge in [0.2, 0.25) is 5.91 Å². The van der Waals surface area contributed by atoms with Gasteiger partial charge in [0.05, 0.1) is 0 Å². The Morgan fingerprint density at radius 2 is 2.15 bits per heavy atom. The average molecular weight is 267 g/mol. The van der Waals surface area contributed by atoms with Crippen LogP contribution < -0.4 is 4.90 Å². The standard InChI is InChI=1S/C16H17N3O/c1-3-12-9-14(20)19(10-12)16-15(11(2)17-18-16)13-7-5-4-6-8-13/h3-8,12H,1,9-10H2,2H3,(H,17,18). The molecule has 0 aliphatic carbocycles. The van der Waals surface area contributed by atoms with Gasteiger partial charge in [0.25, 0.3) is 0 Å². The van der Waals surface area contributed by atoms with Crippen LogP contribution in [-0.2, 0) is 4.79 Å². The van der Waals surface area contributed by atoms with Gasteiger partial charge in [0, 0.05) is 30.1 Å². The number of rotatable bonds is 3. The maximum Gasteiger partial charge on any atom is 0.228 e. The maximum atomic E-state index is 12.2. The molecule has 0 radical (unpaired) electrons. The molecule has 20 heavy (non-hydrogen) atoms. The largest absolute Gasteiger partial charge is 0.294 e. The fraction of sp³-hybridized carbons (Fsp3) is 0.250. The highest BCUT2D eigenvalue weighted by atomic mass is 16.2. The summed E-state index contributed by atoms with van der Waals surface area (Å²) in [6.07, 6.45) is 2.36. The van der Waals surface area contributed by atoms with E-state index in [1.807, 2.05) is 43.3 Å². The van der Waals surface area contributed by atoms with Crippen LogP contribution in [0.25, 0.3) is 11.1 Å². The summed E-state index contributed by atoms with van der Waals surface area (Å²) in [4.78, 5) is 13.9. The van der Waals surface area contributed by atoms with E-state index in [9.17, 15) is 4.79 Å². The molecule has 102 valence electrons. The molecule has 1 atom stereocenters. The molecule has 4 nitrogen and oxygen atoms in total. The molecule has 0 bridgehead atoms. The molecule has 1 unspecified atom stereocenters. The van der Waals surface area contributed by atoms with Gasteiger partial charge in [-0.25, -0.2) is 0 Å². The predicted octanol–water partition coefficient (Wildman–Crippen LogP) is 2.92. The van der Waals surface area contributed by atoms with Crippen LogP contribution in [0.4, 0.5) is 5.82 Å². The molecular weight excluding hydrogens is 250 g/mol. The number of nitrogens with one attached hydrogen (secondary N) is 1. The molecule has 4 heteroatoms. The number of benzene rings is 1. The first-order valence-corrected chi connectivity index (χ1v) is 6.74. The Morgan fingerprint density at radius 1 is 1.40 bits per heavy atom. The molecule has 3 rings (SSSR count). The zero-order chi connectivity index (χ0) is 14.1. The molecule has 1 saturated heterocycles. The van der Waals surface area contributed by atoms with E-state index in [0.717, 1.165) is 22.6 Å². The van der Waals surface area contributed by atoms with Gasteiger partial charge >= 0.3 is 0 Å². The first-order chi connectivity index (χ1) is 9.70. The second-order valence-electron chi connectivity index (χ2n) is 5.12. The van der Waals surface area contributed by atoms with Gasteiger partial charge in [0.1, 0.15) is 0 Å². The van der Waals surface area contributed by atoms with E-state index in [0.29, 0.717) is 13.0 Å². The summed E-state index contributed by atoms with van der Waals surface area (Å²) in [7, 11) is 0. The van der Waals surface area contributed by atoms with Crippen molar-refractivity contribution in [2.45, 2.75) is 13.3 Å². The lowest BCUT2D eigenvalue weighted by molar-refractivity contribution is -0.117. The lowest BCUT2D eigenvalue weighted by Gasteiger charge is -2.15. The van der Waals surface area contributed by atoms with Crippen molar-refractivity contribution in [1.29, 1.82) is 0 Å². The van der Waals surface area contributed by atoms with Crippen LogP contribution in [0.3, 0.4) is 0 Å². The molecule has 0 spiro atoms. The molecule has 2 aromatic rings. The summed E-state index contributed by atoms with van der Waals surface area (Å²) in [5.41, 5.74) is 3.05. The zero-order valence-electron chi connectivity index (χ0n) is 11.5. The molecular formula is C16H17N3O. The Labute approximate surface area is 118 Å². The highest BCUT2D eigenvalue weighted by molar-refractivity contribution is 5.99. The van der Waals surface area contributed by atoms with Gasteiger partial charge in [0.15, 0.2) is 5.82 Å². The summed E-state index contributed by atoms with van der Waals surface area (Å²) in [6.45, 7) is 6.42. The summed E-state index contributed by atoms with van der Waals surface area (Å²) < 4.78 is 0. The molecule has 2 heterocycles. The van der Waals surface area contributed by atoms with Crippen molar-refractivity contribution < 1.29 is 4.79 Å². The number of amides is 1. The van der Waals surface area contributed by atoms with E-state index in [4.69, 9.17) is 0 Å². The quantitative estimate of drug-likeness (QED) is 0.869. The number of aryl methyl sites for hydroxylation is 1. The lowest BCUT2D eigenvalue weighted by Crippen LogP contribution is -2.25. The monoisotopic (exact) mass is 267 g/mol.